The molecule has 1 aromatic rings. The van der Waals surface area contributed by atoms with Crippen LogP contribution in [0, 0.1) is 0 Å². The SMILES string of the molecule is CCC1CN(CCC(N)c2ccc(Br)cc2Cl)CCS1. The highest BCUT2D eigenvalue weighted by Gasteiger charge is 2.19. The van der Waals surface area contributed by atoms with Crippen molar-refractivity contribution < 1.29 is 0 Å². The summed E-state index contributed by atoms with van der Waals surface area (Å²) in [6, 6.07) is 5.97. The summed E-state index contributed by atoms with van der Waals surface area (Å²) in [5, 5.41) is 1.55. The zero-order valence-corrected chi connectivity index (χ0v) is 15.0. The van der Waals surface area contributed by atoms with Crippen LogP contribution in [0.1, 0.15) is 31.4 Å². The van der Waals surface area contributed by atoms with Gasteiger partial charge in [-0.05, 0) is 30.5 Å². The Balaban J connectivity index is 1.86. The summed E-state index contributed by atoms with van der Waals surface area (Å²) in [6.07, 6.45) is 2.22. The van der Waals surface area contributed by atoms with Gasteiger partial charge in [0.2, 0.25) is 0 Å². The molecule has 2 N–H and O–H groups in total. The van der Waals surface area contributed by atoms with Crippen LogP contribution in [0.3, 0.4) is 0 Å². The fourth-order valence-corrected chi connectivity index (χ4v) is 4.57. The van der Waals surface area contributed by atoms with Gasteiger partial charge in [0, 0.05) is 46.2 Å². The number of hydrogen-bond donors (Lipinski definition) is 1. The molecule has 112 valence electrons. The number of hydrogen-bond acceptors (Lipinski definition) is 3. The quantitative estimate of drug-likeness (QED) is 0.828. The molecule has 0 bridgehead atoms. The molecule has 1 saturated heterocycles. The van der Waals surface area contributed by atoms with Crippen LogP contribution in [-0.4, -0.2) is 35.5 Å². The van der Waals surface area contributed by atoms with E-state index in [9.17, 15) is 0 Å². The van der Waals surface area contributed by atoms with Crippen molar-refractivity contribution in [1.29, 1.82) is 0 Å². The van der Waals surface area contributed by atoms with Crippen molar-refractivity contribution in [3.8, 4) is 0 Å². The van der Waals surface area contributed by atoms with E-state index < -0.39 is 0 Å². The molecular weight excluding hydrogens is 356 g/mol. The Kier molecular flexibility index (Phi) is 6.69. The summed E-state index contributed by atoms with van der Waals surface area (Å²) in [4.78, 5) is 2.54. The van der Waals surface area contributed by atoms with Crippen LogP contribution < -0.4 is 5.73 Å². The van der Waals surface area contributed by atoms with Crippen molar-refractivity contribution in [2.24, 2.45) is 5.73 Å². The third-order valence-corrected chi connectivity index (χ3v) is 5.99. The van der Waals surface area contributed by atoms with E-state index in [1.54, 1.807) is 0 Å². The second-order valence-corrected chi connectivity index (χ2v) is 7.99. The minimum Gasteiger partial charge on any atom is -0.324 e. The monoisotopic (exact) mass is 376 g/mol. The van der Waals surface area contributed by atoms with Crippen molar-refractivity contribution in [1.82, 2.24) is 4.90 Å². The van der Waals surface area contributed by atoms with Gasteiger partial charge in [0.05, 0.1) is 0 Å². The van der Waals surface area contributed by atoms with Gasteiger partial charge in [0.1, 0.15) is 0 Å². The third-order valence-electron chi connectivity index (χ3n) is 3.80. The molecule has 0 aromatic heterocycles. The zero-order valence-electron chi connectivity index (χ0n) is 11.8. The molecule has 1 aliphatic heterocycles. The topological polar surface area (TPSA) is 29.3 Å². The van der Waals surface area contributed by atoms with E-state index in [1.807, 2.05) is 18.2 Å². The molecule has 5 heteroatoms. The Labute approximate surface area is 139 Å². The van der Waals surface area contributed by atoms with Gasteiger partial charge in [-0.2, -0.15) is 11.8 Å². The first-order valence-electron chi connectivity index (χ1n) is 7.14. The molecule has 2 unspecified atom stereocenters. The van der Waals surface area contributed by atoms with Gasteiger partial charge in [-0.25, -0.2) is 0 Å². The van der Waals surface area contributed by atoms with E-state index in [0.29, 0.717) is 0 Å². The van der Waals surface area contributed by atoms with Gasteiger partial charge in [0.25, 0.3) is 0 Å². The number of nitrogens with two attached hydrogens (primary N) is 1. The van der Waals surface area contributed by atoms with E-state index in [4.69, 9.17) is 17.3 Å². The van der Waals surface area contributed by atoms with E-state index in [0.717, 1.165) is 33.3 Å². The number of nitrogens with zero attached hydrogens (tertiary/aromatic N) is 1. The molecule has 0 spiro atoms. The van der Waals surface area contributed by atoms with Crippen molar-refractivity contribution in [3.05, 3.63) is 33.3 Å². The lowest BCUT2D eigenvalue weighted by Gasteiger charge is -2.32. The number of rotatable bonds is 5. The van der Waals surface area contributed by atoms with Gasteiger partial charge in [-0.3, -0.25) is 0 Å². The summed E-state index contributed by atoms with van der Waals surface area (Å²) < 4.78 is 0.997. The minimum absolute atomic E-state index is 0.0188. The van der Waals surface area contributed by atoms with Crippen LogP contribution >= 0.6 is 39.3 Å². The van der Waals surface area contributed by atoms with Crippen LogP contribution in [-0.2, 0) is 0 Å². The average Bonchev–Trinajstić information content (AvgIpc) is 2.45. The molecule has 1 aliphatic rings. The van der Waals surface area contributed by atoms with Gasteiger partial charge >= 0.3 is 0 Å². The Hall–Kier alpha value is 0.260. The van der Waals surface area contributed by atoms with Crippen molar-refractivity contribution in [2.45, 2.75) is 31.1 Å². The van der Waals surface area contributed by atoms with Gasteiger partial charge in [-0.15, -0.1) is 0 Å². The first-order chi connectivity index (χ1) is 9.60. The van der Waals surface area contributed by atoms with Crippen LogP contribution in [0.25, 0.3) is 0 Å². The maximum Gasteiger partial charge on any atom is 0.0464 e. The van der Waals surface area contributed by atoms with Gasteiger partial charge in [0.15, 0.2) is 0 Å². The Morgan fingerprint density at radius 3 is 3.05 bits per heavy atom. The van der Waals surface area contributed by atoms with Gasteiger partial charge in [-0.1, -0.05) is 40.5 Å². The van der Waals surface area contributed by atoms with Crippen molar-refractivity contribution in [3.63, 3.8) is 0 Å². The van der Waals surface area contributed by atoms with Crippen molar-refractivity contribution in [2.75, 3.05) is 25.4 Å². The lowest BCUT2D eigenvalue weighted by atomic mass is 10.0. The smallest absolute Gasteiger partial charge is 0.0464 e. The second kappa shape index (κ2) is 8.04. The standard InChI is InChI=1S/C15H22BrClN2S/c1-2-12-10-19(7-8-20-12)6-5-15(18)13-4-3-11(16)9-14(13)17/h3-4,9,12,15H,2,5-8,10,18H2,1H3. The highest BCUT2D eigenvalue weighted by molar-refractivity contribution is 9.10. The molecule has 0 aliphatic carbocycles. The summed E-state index contributed by atoms with van der Waals surface area (Å²) in [6.45, 7) is 5.71. The molecule has 20 heavy (non-hydrogen) atoms. The number of halogens is 2. The molecule has 1 heterocycles. The predicted molar refractivity (Wildman–Crippen MR) is 93.7 cm³/mol. The summed E-state index contributed by atoms with van der Waals surface area (Å²) in [5.41, 5.74) is 7.35. The third kappa shape index (κ3) is 4.63. The fourth-order valence-electron chi connectivity index (χ4n) is 2.51. The highest BCUT2D eigenvalue weighted by atomic mass is 79.9. The largest absolute Gasteiger partial charge is 0.324 e. The van der Waals surface area contributed by atoms with E-state index in [2.05, 4.69) is 39.5 Å². The summed E-state index contributed by atoms with van der Waals surface area (Å²) in [5.74, 6) is 1.24. The zero-order chi connectivity index (χ0) is 14.5. The van der Waals surface area contributed by atoms with Crippen molar-refractivity contribution >= 4 is 39.3 Å². The molecule has 0 amide bonds. The minimum atomic E-state index is 0.0188. The molecule has 2 rings (SSSR count). The molecular formula is C15H22BrClN2S. The molecule has 2 nitrogen and oxygen atoms in total. The molecule has 0 saturated carbocycles. The van der Waals surface area contributed by atoms with Gasteiger partial charge < -0.3 is 10.6 Å². The van der Waals surface area contributed by atoms with Crippen LogP contribution in [0.15, 0.2) is 22.7 Å². The average molecular weight is 378 g/mol. The normalized spacial score (nSPS) is 21.9. The highest BCUT2D eigenvalue weighted by Crippen LogP contribution is 2.28. The molecule has 1 aromatic carbocycles. The van der Waals surface area contributed by atoms with Crippen LogP contribution in [0.5, 0.6) is 0 Å². The number of benzene rings is 1. The first-order valence-corrected chi connectivity index (χ1v) is 9.36. The number of thioether (sulfide) groups is 1. The molecule has 2 atom stereocenters. The molecule has 0 radical (unpaired) electrons. The maximum atomic E-state index is 6.30. The van der Waals surface area contributed by atoms with E-state index in [1.165, 1.54) is 25.3 Å². The summed E-state index contributed by atoms with van der Waals surface area (Å²) >= 11 is 11.8. The summed E-state index contributed by atoms with van der Waals surface area (Å²) in [7, 11) is 0. The van der Waals surface area contributed by atoms with E-state index >= 15 is 0 Å². The Morgan fingerprint density at radius 2 is 2.35 bits per heavy atom. The van der Waals surface area contributed by atoms with E-state index in [-0.39, 0.29) is 6.04 Å². The lowest BCUT2D eigenvalue weighted by Crippen LogP contribution is -2.39. The first kappa shape index (κ1) is 16.6. The molecule has 1 fully saturated rings. The van der Waals surface area contributed by atoms with Crippen LogP contribution in [0.2, 0.25) is 5.02 Å². The maximum absolute atomic E-state index is 6.30. The Bertz CT molecular complexity index is 444. The fraction of sp³-hybridized carbons (Fsp3) is 0.600. The van der Waals surface area contributed by atoms with Crippen LogP contribution in [0.4, 0.5) is 0 Å². The Morgan fingerprint density at radius 1 is 1.55 bits per heavy atom. The second-order valence-electron chi connectivity index (χ2n) is 5.26. The predicted octanol–water partition coefficient (Wildman–Crippen LogP) is 4.32. The lowest BCUT2D eigenvalue weighted by molar-refractivity contribution is 0.270.